The third kappa shape index (κ3) is 3.55. The van der Waals surface area contributed by atoms with Crippen molar-refractivity contribution in [2.45, 2.75) is 32.2 Å². The molecule has 0 heterocycles. The lowest BCUT2D eigenvalue weighted by Crippen LogP contribution is -2.37. The molecule has 2 atom stereocenters. The van der Waals surface area contributed by atoms with Gasteiger partial charge in [0.25, 0.3) is 0 Å². The van der Waals surface area contributed by atoms with Crippen molar-refractivity contribution in [3.63, 3.8) is 0 Å². The average Bonchev–Trinajstić information content (AvgIpc) is 2.36. The third-order valence-electron chi connectivity index (χ3n) is 3.55. The van der Waals surface area contributed by atoms with Gasteiger partial charge in [0.2, 0.25) is 0 Å². The molecular formula is C15H23NO. The van der Waals surface area contributed by atoms with Crippen molar-refractivity contribution in [3.8, 4) is 0 Å². The number of methoxy groups -OCH3 is 1. The molecule has 2 heteroatoms. The van der Waals surface area contributed by atoms with Gasteiger partial charge < -0.3 is 10.1 Å². The van der Waals surface area contributed by atoms with Crippen LogP contribution in [0.4, 0.5) is 0 Å². The Labute approximate surface area is 104 Å². The standard InChI is InChI=1S/C15H23NO/c1-12(11-17-2)10-16-15-8-7-13-5-3-4-6-14(13)9-15/h3-6,12,15-16H,7-11H2,1-2H3. The molecule has 0 saturated carbocycles. The van der Waals surface area contributed by atoms with Crippen LogP contribution in [0.15, 0.2) is 24.3 Å². The first kappa shape index (κ1) is 12.6. The lowest BCUT2D eigenvalue weighted by molar-refractivity contribution is 0.156. The van der Waals surface area contributed by atoms with E-state index in [4.69, 9.17) is 4.74 Å². The average molecular weight is 233 g/mol. The Morgan fingerprint density at radius 1 is 1.35 bits per heavy atom. The van der Waals surface area contributed by atoms with Crippen molar-refractivity contribution in [2.75, 3.05) is 20.3 Å². The predicted molar refractivity (Wildman–Crippen MR) is 71.3 cm³/mol. The Kier molecular flexibility index (Phi) is 4.57. The minimum atomic E-state index is 0.595. The van der Waals surface area contributed by atoms with Crippen LogP contribution in [0.1, 0.15) is 24.5 Å². The second-order valence-electron chi connectivity index (χ2n) is 5.18. The van der Waals surface area contributed by atoms with Gasteiger partial charge in [-0.3, -0.25) is 0 Å². The zero-order valence-corrected chi connectivity index (χ0v) is 10.9. The summed E-state index contributed by atoms with van der Waals surface area (Å²) in [5.41, 5.74) is 3.06. The summed E-state index contributed by atoms with van der Waals surface area (Å²) in [5.74, 6) is 0.595. The molecule has 1 aliphatic rings. The van der Waals surface area contributed by atoms with Crippen LogP contribution >= 0.6 is 0 Å². The van der Waals surface area contributed by atoms with Gasteiger partial charge in [-0.2, -0.15) is 0 Å². The molecule has 0 saturated heterocycles. The quantitative estimate of drug-likeness (QED) is 0.843. The van der Waals surface area contributed by atoms with Gasteiger partial charge in [-0.05, 0) is 36.3 Å². The van der Waals surface area contributed by atoms with Crippen LogP contribution in [-0.2, 0) is 17.6 Å². The van der Waals surface area contributed by atoms with Crippen LogP contribution in [0, 0.1) is 5.92 Å². The summed E-state index contributed by atoms with van der Waals surface area (Å²) in [4.78, 5) is 0. The van der Waals surface area contributed by atoms with Crippen molar-refractivity contribution in [2.24, 2.45) is 5.92 Å². The highest BCUT2D eigenvalue weighted by molar-refractivity contribution is 5.30. The number of aryl methyl sites for hydroxylation is 1. The maximum atomic E-state index is 5.16. The molecule has 0 radical (unpaired) electrons. The van der Waals surface area contributed by atoms with E-state index >= 15 is 0 Å². The number of hydrogen-bond acceptors (Lipinski definition) is 2. The fraction of sp³-hybridized carbons (Fsp3) is 0.600. The summed E-state index contributed by atoms with van der Waals surface area (Å²) >= 11 is 0. The first-order valence-corrected chi connectivity index (χ1v) is 6.58. The van der Waals surface area contributed by atoms with E-state index in [-0.39, 0.29) is 0 Å². The zero-order chi connectivity index (χ0) is 12.1. The van der Waals surface area contributed by atoms with Crippen LogP contribution in [-0.4, -0.2) is 26.3 Å². The molecule has 94 valence electrons. The van der Waals surface area contributed by atoms with Gasteiger partial charge >= 0.3 is 0 Å². The highest BCUT2D eigenvalue weighted by atomic mass is 16.5. The molecule has 0 bridgehead atoms. The van der Waals surface area contributed by atoms with E-state index < -0.39 is 0 Å². The summed E-state index contributed by atoms with van der Waals surface area (Å²) < 4.78 is 5.16. The molecule has 1 aliphatic carbocycles. The first-order valence-electron chi connectivity index (χ1n) is 6.58. The number of nitrogens with one attached hydrogen (secondary N) is 1. The smallest absolute Gasteiger partial charge is 0.0499 e. The molecule has 0 aromatic heterocycles. The van der Waals surface area contributed by atoms with Crippen LogP contribution in [0.3, 0.4) is 0 Å². The maximum absolute atomic E-state index is 5.16. The molecule has 0 amide bonds. The van der Waals surface area contributed by atoms with Crippen LogP contribution in [0.5, 0.6) is 0 Å². The largest absolute Gasteiger partial charge is 0.384 e. The highest BCUT2D eigenvalue weighted by Crippen LogP contribution is 2.21. The molecule has 0 aliphatic heterocycles. The normalized spacial score (nSPS) is 20.9. The van der Waals surface area contributed by atoms with E-state index in [1.807, 2.05) is 0 Å². The van der Waals surface area contributed by atoms with E-state index in [0.29, 0.717) is 12.0 Å². The molecular weight excluding hydrogens is 210 g/mol. The lowest BCUT2D eigenvalue weighted by Gasteiger charge is -2.26. The second kappa shape index (κ2) is 6.18. The molecule has 17 heavy (non-hydrogen) atoms. The summed E-state index contributed by atoms with van der Waals surface area (Å²) in [6.07, 6.45) is 3.65. The number of ether oxygens (including phenoxy) is 1. The minimum Gasteiger partial charge on any atom is -0.384 e. The number of fused-ring (bicyclic) bond motifs is 1. The molecule has 1 aromatic carbocycles. The van der Waals surface area contributed by atoms with E-state index in [9.17, 15) is 0 Å². The Morgan fingerprint density at radius 2 is 2.12 bits per heavy atom. The number of rotatable bonds is 5. The SMILES string of the molecule is COCC(C)CNC1CCc2ccccc2C1. The maximum Gasteiger partial charge on any atom is 0.0499 e. The highest BCUT2D eigenvalue weighted by Gasteiger charge is 2.17. The minimum absolute atomic E-state index is 0.595. The van der Waals surface area contributed by atoms with Crippen molar-refractivity contribution < 1.29 is 4.74 Å². The molecule has 1 N–H and O–H groups in total. The molecule has 0 spiro atoms. The summed E-state index contributed by atoms with van der Waals surface area (Å²) in [5, 5.41) is 3.67. The summed E-state index contributed by atoms with van der Waals surface area (Å²) in [6.45, 7) is 4.13. The van der Waals surface area contributed by atoms with Gasteiger partial charge in [0, 0.05) is 26.3 Å². The van der Waals surface area contributed by atoms with Crippen molar-refractivity contribution in [1.82, 2.24) is 5.32 Å². The monoisotopic (exact) mass is 233 g/mol. The van der Waals surface area contributed by atoms with Crippen LogP contribution < -0.4 is 5.32 Å². The van der Waals surface area contributed by atoms with Crippen LogP contribution in [0.25, 0.3) is 0 Å². The van der Waals surface area contributed by atoms with Crippen molar-refractivity contribution >= 4 is 0 Å². The molecule has 2 unspecified atom stereocenters. The van der Waals surface area contributed by atoms with Gasteiger partial charge in [0.05, 0.1) is 0 Å². The molecule has 2 nitrogen and oxygen atoms in total. The van der Waals surface area contributed by atoms with Crippen LogP contribution in [0.2, 0.25) is 0 Å². The number of benzene rings is 1. The third-order valence-corrected chi connectivity index (χ3v) is 3.55. The Bertz CT molecular complexity index is 351. The van der Waals surface area contributed by atoms with Gasteiger partial charge in [0.15, 0.2) is 0 Å². The van der Waals surface area contributed by atoms with E-state index in [0.717, 1.165) is 13.2 Å². The van der Waals surface area contributed by atoms with Crippen molar-refractivity contribution in [3.05, 3.63) is 35.4 Å². The van der Waals surface area contributed by atoms with E-state index in [1.54, 1.807) is 7.11 Å². The molecule has 0 fully saturated rings. The topological polar surface area (TPSA) is 21.3 Å². The van der Waals surface area contributed by atoms with Crippen molar-refractivity contribution in [1.29, 1.82) is 0 Å². The molecule has 2 rings (SSSR count). The summed E-state index contributed by atoms with van der Waals surface area (Å²) in [7, 11) is 1.77. The first-order chi connectivity index (χ1) is 8.29. The van der Waals surface area contributed by atoms with Gasteiger partial charge in [-0.15, -0.1) is 0 Å². The predicted octanol–water partition coefficient (Wildman–Crippen LogP) is 2.42. The Hall–Kier alpha value is -0.860. The zero-order valence-electron chi connectivity index (χ0n) is 10.9. The van der Waals surface area contributed by atoms with Gasteiger partial charge in [0.1, 0.15) is 0 Å². The fourth-order valence-corrected chi connectivity index (χ4v) is 2.58. The Morgan fingerprint density at radius 3 is 2.88 bits per heavy atom. The second-order valence-corrected chi connectivity index (χ2v) is 5.18. The molecule has 1 aromatic rings. The van der Waals surface area contributed by atoms with E-state index in [2.05, 4.69) is 36.5 Å². The van der Waals surface area contributed by atoms with Gasteiger partial charge in [-0.1, -0.05) is 31.2 Å². The van der Waals surface area contributed by atoms with E-state index in [1.165, 1.54) is 30.4 Å². The lowest BCUT2D eigenvalue weighted by atomic mass is 9.88. The van der Waals surface area contributed by atoms with Gasteiger partial charge in [-0.25, -0.2) is 0 Å². The summed E-state index contributed by atoms with van der Waals surface area (Å²) in [6, 6.07) is 9.47. The fourth-order valence-electron chi connectivity index (χ4n) is 2.58. The number of hydrogen-bond donors (Lipinski definition) is 1. The Balaban J connectivity index is 1.82.